The van der Waals surface area contributed by atoms with Crippen LogP contribution in [0.2, 0.25) is 0 Å². The fourth-order valence-electron chi connectivity index (χ4n) is 2.36. The molecule has 4 aromatic rings. The molecule has 106 valence electrons. The van der Waals surface area contributed by atoms with Gasteiger partial charge < -0.3 is 9.15 Å². The second-order valence-electron chi connectivity index (χ2n) is 4.92. The maximum absolute atomic E-state index is 5.97. The van der Waals surface area contributed by atoms with Crippen molar-refractivity contribution in [2.24, 2.45) is 0 Å². The van der Waals surface area contributed by atoms with Crippen molar-refractivity contribution in [2.45, 2.75) is 0 Å². The highest BCUT2D eigenvalue weighted by atomic mass is 16.5. The van der Waals surface area contributed by atoms with Crippen LogP contribution in [0.15, 0.2) is 83.4 Å². The number of ether oxygens (including phenoxy) is 1. The average molecular weight is 287 g/mol. The summed E-state index contributed by atoms with van der Waals surface area (Å²) in [6.45, 7) is 0. The molecule has 2 aromatic carbocycles. The lowest BCUT2D eigenvalue weighted by atomic mass is 10.2. The largest absolute Gasteiger partial charge is 0.453 e. The molecule has 0 bridgehead atoms. The maximum atomic E-state index is 5.97. The zero-order valence-corrected chi connectivity index (χ0v) is 11.8. The van der Waals surface area contributed by atoms with Crippen LogP contribution in [-0.2, 0) is 0 Å². The van der Waals surface area contributed by atoms with Crippen LogP contribution in [0.3, 0.4) is 0 Å². The molecule has 0 fully saturated rings. The van der Waals surface area contributed by atoms with Crippen LogP contribution < -0.4 is 4.74 Å². The summed E-state index contributed by atoms with van der Waals surface area (Å²) in [5.74, 6) is 2.22. The molecule has 3 heteroatoms. The second kappa shape index (κ2) is 5.37. The number of hydrogen-bond acceptors (Lipinski definition) is 3. The van der Waals surface area contributed by atoms with E-state index in [0.717, 1.165) is 22.6 Å². The molecule has 0 aliphatic heterocycles. The Labute approximate surface area is 127 Å². The Kier molecular flexibility index (Phi) is 3.09. The van der Waals surface area contributed by atoms with E-state index < -0.39 is 0 Å². The van der Waals surface area contributed by atoms with Gasteiger partial charge in [0.15, 0.2) is 11.3 Å². The molecule has 2 heterocycles. The summed E-state index contributed by atoms with van der Waals surface area (Å²) in [6.07, 6.45) is 1.73. The summed E-state index contributed by atoms with van der Waals surface area (Å²) in [5, 5.41) is 0. The summed E-state index contributed by atoms with van der Waals surface area (Å²) in [4.78, 5) is 4.36. The van der Waals surface area contributed by atoms with Crippen molar-refractivity contribution in [3.05, 3.63) is 79.0 Å². The number of nitrogens with zero attached hydrogens (tertiary/aromatic N) is 1. The summed E-state index contributed by atoms with van der Waals surface area (Å²) in [6, 6.07) is 23.4. The van der Waals surface area contributed by atoms with Crippen LogP contribution >= 0.6 is 0 Å². The molecule has 0 saturated heterocycles. The molecular weight excluding hydrogens is 274 g/mol. The van der Waals surface area contributed by atoms with Gasteiger partial charge in [-0.1, -0.05) is 48.5 Å². The first-order valence-corrected chi connectivity index (χ1v) is 7.07. The molecule has 0 spiro atoms. The van der Waals surface area contributed by atoms with E-state index in [1.165, 1.54) is 0 Å². The van der Waals surface area contributed by atoms with Gasteiger partial charge in [-0.05, 0) is 12.1 Å². The summed E-state index contributed by atoms with van der Waals surface area (Å²) in [7, 11) is 0. The zero-order valence-electron chi connectivity index (χ0n) is 11.8. The number of pyridine rings is 1. The first-order chi connectivity index (χ1) is 10.9. The van der Waals surface area contributed by atoms with Crippen LogP contribution in [0.4, 0.5) is 0 Å². The lowest BCUT2D eigenvalue weighted by Gasteiger charge is -2.05. The third-order valence-electron chi connectivity index (χ3n) is 3.41. The summed E-state index contributed by atoms with van der Waals surface area (Å²) >= 11 is 0. The molecular formula is C19H13NO2. The highest BCUT2D eigenvalue weighted by Crippen LogP contribution is 2.34. The Morgan fingerprint density at radius 3 is 2.32 bits per heavy atom. The first-order valence-electron chi connectivity index (χ1n) is 7.07. The van der Waals surface area contributed by atoms with Crippen LogP contribution in [-0.4, -0.2) is 4.98 Å². The van der Waals surface area contributed by atoms with E-state index in [-0.39, 0.29) is 0 Å². The van der Waals surface area contributed by atoms with E-state index in [0.29, 0.717) is 11.3 Å². The summed E-state index contributed by atoms with van der Waals surface area (Å²) < 4.78 is 11.9. The van der Waals surface area contributed by atoms with Gasteiger partial charge in [-0.3, -0.25) is 4.98 Å². The number of para-hydroxylation sites is 1. The lowest BCUT2D eigenvalue weighted by Crippen LogP contribution is -1.84. The lowest BCUT2D eigenvalue weighted by molar-refractivity contribution is 0.473. The molecule has 0 unspecified atom stereocenters. The molecule has 3 nitrogen and oxygen atoms in total. The van der Waals surface area contributed by atoms with Crippen LogP contribution in [0.1, 0.15) is 0 Å². The number of furan rings is 1. The van der Waals surface area contributed by atoms with Gasteiger partial charge in [-0.2, -0.15) is 0 Å². The van der Waals surface area contributed by atoms with Gasteiger partial charge in [-0.25, -0.2) is 0 Å². The van der Waals surface area contributed by atoms with E-state index in [1.807, 2.05) is 72.8 Å². The van der Waals surface area contributed by atoms with Crippen molar-refractivity contribution in [3.8, 4) is 22.8 Å². The Bertz CT molecular complexity index is 899. The van der Waals surface area contributed by atoms with Gasteiger partial charge in [0, 0.05) is 23.9 Å². The average Bonchev–Trinajstić information content (AvgIpc) is 3.02. The quantitative estimate of drug-likeness (QED) is 0.513. The summed E-state index contributed by atoms with van der Waals surface area (Å²) in [5.41, 5.74) is 2.46. The molecule has 0 radical (unpaired) electrons. The minimum Gasteiger partial charge on any atom is -0.453 e. The van der Waals surface area contributed by atoms with E-state index in [9.17, 15) is 0 Å². The molecule has 0 aliphatic carbocycles. The standard InChI is InChI=1S/C19H13NO2/c1-3-7-14(8-4-1)18-13-16-19(22-18)17(11-12-20-16)21-15-9-5-2-6-10-15/h1-13H. The number of hydrogen-bond donors (Lipinski definition) is 0. The maximum Gasteiger partial charge on any atom is 0.195 e. The molecule has 0 saturated carbocycles. The SMILES string of the molecule is c1ccc(Oc2ccnc3cc(-c4ccccc4)oc23)cc1. The minimum absolute atomic E-state index is 0.658. The van der Waals surface area contributed by atoms with Crippen molar-refractivity contribution in [1.29, 1.82) is 0 Å². The van der Waals surface area contributed by atoms with Crippen molar-refractivity contribution in [3.63, 3.8) is 0 Å². The van der Waals surface area contributed by atoms with Crippen molar-refractivity contribution >= 4 is 11.1 Å². The highest BCUT2D eigenvalue weighted by Gasteiger charge is 2.12. The Morgan fingerprint density at radius 1 is 0.818 bits per heavy atom. The van der Waals surface area contributed by atoms with Crippen LogP contribution in [0.5, 0.6) is 11.5 Å². The third kappa shape index (κ3) is 2.33. The van der Waals surface area contributed by atoms with E-state index in [1.54, 1.807) is 6.20 Å². The zero-order chi connectivity index (χ0) is 14.8. The Hall–Kier alpha value is -3.07. The van der Waals surface area contributed by atoms with E-state index in [2.05, 4.69) is 4.98 Å². The first kappa shape index (κ1) is 12.7. The van der Waals surface area contributed by atoms with Crippen molar-refractivity contribution < 1.29 is 9.15 Å². The predicted octanol–water partition coefficient (Wildman–Crippen LogP) is 5.29. The van der Waals surface area contributed by atoms with Gasteiger partial charge in [0.2, 0.25) is 0 Å². The Balaban J connectivity index is 1.78. The van der Waals surface area contributed by atoms with Crippen LogP contribution in [0.25, 0.3) is 22.4 Å². The van der Waals surface area contributed by atoms with Gasteiger partial charge in [0.25, 0.3) is 0 Å². The normalized spacial score (nSPS) is 10.7. The second-order valence-corrected chi connectivity index (χ2v) is 4.92. The molecule has 0 amide bonds. The fraction of sp³-hybridized carbons (Fsp3) is 0. The number of fused-ring (bicyclic) bond motifs is 1. The molecule has 0 N–H and O–H groups in total. The van der Waals surface area contributed by atoms with Gasteiger partial charge >= 0.3 is 0 Å². The van der Waals surface area contributed by atoms with E-state index in [4.69, 9.17) is 9.15 Å². The molecule has 22 heavy (non-hydrogen) atoms. The fourth-order valence-corrected chi connectivity index (χ4v) is 2.36. The number of benzene rings is 2. The van der Waals surface area contributed by atoms with Crippen LogP contribution in [0, 0.1) is 0 Å². The van der Waals surface area contributed by atoms with Gasteiger partial charge in [-0.15, -0.1) is 0 Å². The van der Waals surface area contributed by atoms with Crippen molar-refractivity contribution in [1.82, 2.24) is 4.98 Å². The van der Waals surface area contributed by atoms with Gasteiger partial charge in [0.1, 0.15) is 17.0 Å². The highest BCUT2D eigenvalue weighted by molar-refractivity contribution is 5.84. The molecule has 2 aromatic heterocycles. The predicted molar refractivity (Wildman–Crippen MR) is 86.0 cm³/mol. The third-order valence-corrected chi connectivity index (χ3v) is 3.41. The van der Waals surface area contributed by atoms with Gasteiger partial charge in [0.05, 0.1) is 0 Å². The topological polar surface area (TPSA) is 35.3 Å². The molecule has 0 atom stereocenters. The molecule has 4 rings (SSSR count). The smallest absolute Gasteiger partial charge is 0.195 e. The monoisotopic (exact) mass is 287 g/mol. The Morgan fingerprint density at radius 2 is 1.55 bits per heavy atom. The molecule has 0 aliphatic rings. The van der Waals surface area contributed by atoms with Crippen molar-refractivity contribution in [2.75, 3.05) is 0 Å². The number of rotatable bonds is 3. The van der Waals surface area contributed by atoms with E-state index >= 15 is 0 Å². The number of aromatic nitrogens is 1. The minimum atomic E-state index is 0.658.